The number of nitrogens with two attached hydrogens (primary N) is 1. The van der Waals surface area contributed by atoms with Crippen molar-refractivity contribution in [3.8, 4) is 11.5 Å². The topological polar surface area (TPSA) is 170 Å². The van der Waals surface area contributed by atoms with Gasteiger partial charge < -0.3 is 39.3 Å². The van der Waals surface area contributed by atoms with Crippen LogP contribution < -0.4 is 15.2 Å². The average Bonchev–Trinajstić information content (AvgIpc) is 3.53. The largest absolute Gasteiger partial charge is 0.507 e. The number of rotatable bonds is 15. The number of aliphatic hydroxyl groups excluding tert-OH is 1. The maximum atomic E-state index is 15.5. The van der Waals surface area contributed by atoms with Gasteiger partial charge in [-0.3, -0.25) is 19.2 Å². The molecule has 0 radical (unpaired) electrons. The average molecular weight is 832 g/mol. The van der Waals surface area contributed by atoms with Gasteiger partial charge in [0.15, 0.2) is 17.4 Å². The smallest absolute Gasteiger partial charge is 0.317 e. The summed E-state index contributed by atoms with van der Waals surface area (Å²) < 4.78 is 36.9. The molecule has 3 atom stereocenters. The van der Waals surface area contributed by atoms with Crippen molar-refractivity contribution < 1.29 is 52.7 Å². The SMILES string of the molecule is CCCCOC(N)=C1C(=O)[C@H](C(=O)OCC[Si](C)(C)C)[C@@H]2C(=C1O)C(=O)C1=C(C3=C[C@@]4(C(C)=CCCC4(C)C)c4c(OC)cc(OCCCC)c(c43)C1=O)C2(OC)OC. The first-order chi connectivity index (χ1) is 27.8. The van der Waals surface area contributed by atoms with E-state index in [0.29, 0.717) is 42.4 Å². The third kappa shape index (κ3) is 6.71. The first-order valence-corrected chi connectivity index (χ1v) is 24.6. The highest BCUT2D eigenvalue weighted by Gasteiger charge is 2.67. The van der Waals surface area contributed by atoms with Crippen molar-refractivity contribution in [1.29, 1.82) is 0 Å². The first kappa shape index (κ1) is 44.1. The molecule has 0 amide bonds. The van der Waals surface area contributed by atoms with Gasteiger partial charge in [-0.15, -0.1) is 0 Å². The summed E-state index contributed by atoms with van der Waals surface area (Å²) in [7, 11) is 2.53. The number of esters is 1. The summed E-state index contributed by atoms with van der Waals surface area (Å²) in [4.78, 5) is 60.3. The minimum Gasteiger partial charge on any atom is -0.507 e. The third-order valence-corrected chi connectivity index (χ3v) is 14.7. The van der Waals surface area contributed by atoms with Crippen molar-refractivity contribution in [3.63, 3.8) is 0 Å². The molecule has 0 fully saturated rings. The normalized spacial score (nSPS) is 25.0. The van der Waals surface area contributed by atoms with E-state index in [1.54, 1.807) is 13.2 Å². The molecule has 5 aliphatic carbocycles. The summed E-state index contributed by atoms with van der Waals surface area (Å²) in [6.45, 7) is 17.2. The zero-order chi connectivity index (χ0) is 43.4. The van der Waals surface area contributed by atoms with Gasteiger partial charge in [-0.05, 0) is 49.6 Å². The number of hydrogen-bond donors (Lipinski definition) is 2. The van der Waals surface area contributed by atoms with Crippen LogP contribution in [0.3, 0.4) is 0 Å². The van der Waals surface area contributed by atoms with Crippen LogP contribution in [0, 0.1) is 17.3 Å². The van der Waals surface area contributed by atoms with Crippen molar-refractivity contribution in [2.24, 2.45) is 23.0 Å². The fourth-order valence-corrected chi connectivity index (χ4v) is 10.5. The Balaban J connectivity index is 1.73. The number of benzene rings is 1. The number of unbranched alkanes of at least 4 members (excludes halogenated alkanes) is 2. The Morgan fingerprint density at radius 3 is 2.19 bits per heavy atom. The number of methoxy groups -OCH3 is 3. The lowest BCUT2D eigenvalue weighted by atomic mass is 9.55. The molecule has 0 saturated heterocycles. The lowest BCUT2D eigenvalue weighted by Gasteiger charge is -2.49. The van der Waals surface area contributed by atoms with Crippen LogP contribution in [0.2, 0.25) is 25.7 Å². The first-order valence-electron chi connectivity index (χ1n) is 20.9. The molecule has 0 heterocycles. The van der Waals surface area contributed by atoms with Crippen molar-refractivity contribution in [2.75, 3.05) is 41.2 Å². The van der Waals surface area contributed by atoms with Gasteiger partial charge >= 0.3 is 5.97 Å². The lowest BCUT2D eigenvalue weighted by molar-refractivity contribution is -0.218. The Labute approximate surface area is 348 Å². The van der Waals surface area contributed by atoms with Gasteiger partial charge in [0.1, 0.15) is 28.7 Å². The second kappa shape index (κ2) is 16.2. The number of fused-ring (bicyclic) bond motifs is 3. The zero-order valence-electron chi connectivity index (χ0n) is 36.6. The molecule has 320 valence electrons. The number of aliphatic hydroxyl groups is 1. The van der Waals surface area contributed by atoms with Crippen LogP contribution >= 0.6 is 0 Å². The van der Waals surface area contributed by atoms with E-state index in [0.717, 1.165) is 36.8 Å². The molecule has 1 spiro atoms. The second-order valence-corrected chi connectivity index (χ2v) is 23.7. The zero-order valence-corrected chi connectivity index (χ0v) is 37.6. The van der Waals surface area contributed by atoms with E-state index in [1.165, 1.54) is 14.2 Å². The van der Waals surface area contributed by atoms with E-state index < -0.39 is 82.6 Å². The predicted octanol–water partition coefficient (Wildman–Crippen LogP) is 7.84. The monoisotopic (exact) mass is 831 g/mol. The van der Waals surface area contributed by atoms with Crippen LogP contribution in [0.4, 0.5) is 0 Å². The standard InChI is InChI=1S/C46H61NO11Si/c1-12-14-19-56-27-23-28(53-6)36-29-26(24-45(36)25(3)17-16-18-44(45,4)5)35-31(38(48)30(27)29)39(49)32-37(46(35,54-7)55-8)33(43(52)58-21-22-59(9,10)11)41(51)34(40(32)50)42(47)57-20-15-13-2/h17,23-24,33,37,50H,12-16,18-22,47H2,1-11H3/t33-,37+,45-/m1/s1. The van der Waals surface area contributed by atoms with Crippen molar-refractivity contribution >= 4 is 37.0 Å². The molecular formula is C46H61NO11Si. The predicted molar refractivity (Wildman–Crippen MR) is 226 cm³/mol. The van der Waals surface area contributed by atoms with E-state index in [4.69, 9.17) is 34.2 Å². The number of allylic oxidation sites excluding steroid dienone is 5. The van der Waals surface area contributed by atoms with Crippen LogP contribution in [0.1, 0.15) is 94.6 Å². The van der Waals surface area contributed by atoms with Crippen molar-refractivity contribution in [1.82, 2.24) is 0 Å². The quantitative estimate of drug-likeness (QED) is 0.0202. The number of ketones is 3. The minimum absolute atomic E-state index is 0.0245. The van der Waals surface area contributed by atoms with Crippen LogP contribution in [0.25, 0.3) is 5.57 Å². The molecule has 13 heteroatoms. The van der Waals surface area contributed by atoms with E-state index >= 15 is 9.59 Å². The summed E-state index contributed by atoms with van der Waals surface area (Å²) in [5.41, 5.74) is 6.77. The summed E-state index contributed by atoms with van der Waals surface area (Å²) in [6, 6.07) is 2.34. The Bertz CT molecular complexity index is 2130. The number of ether oxygens (including phenoxy) is 6. The number of carbonyl (C=O) groups excluding carboxylic acids is 4. The molecule has 5 aliphatic rings. The molecule has 3 N–H and O–H groups in total. The number of hydrogen-bond acceptors (Lipinski definition) is 12. The fraction of sp³-hybridized carbons (Fsp3) is 0.565. The van der Waals surface area contributed by atoms with Gasteiger partial charge in [0, 0.05) is 50.5 Å². The van der Waals surface area contributed by atoms with Gasteiger partial charge in [-0.2, -0.15) is 0 Å². The molecule has 12 nitrogen and oxygen atoms in total. The van der Waals surface area contributed by atoms with Crippen molar-refractivity contribution in [3.05, 3.63) is 74.4 Å². The van der Waals surface area contributed by atoms with Gasteiger partial charge in [0.05, 0.1) is 49.6 Å². The van der Waals surface area contributed by atoms with E-state index in [1.807, 2.05) is 13.8 Å². The second-order valence-electron chi connectivity index (χ2n) is 18.1. The summed E-state index contributed by atoms with van der Waals surface area (Å²) in [6.07, 6.45) is 8.76. The number of Topliss-reactive ketones (excluding diaryl/α,β-unsaturated/α-hetero) is 3. The Morgan fingerprint density at radius 1 is 0.932 bits per heavy atom. The molecule has 0 aromatic heterocycles. The minimum atomic E-state index is -2.17. The molecule has 59 heavy (non-hydrogen) atoms. The summed E-state index contributed by atoms with van der Waals surface area (Å²) in [5, 5.41) is 12.2. The molecule has 6 rings (SSSR count). The maximum absolute atomic E-state index is 15.5. The van der Waals surface area contributed by atoms with E-state index in [-0.39, 0.29) is 35.7 Å². The van der Waals surface area contributed by atoms with Crippen LogP contribution in [-0.2, 0) is 38.7 Å². The van der Waals surface area contributed by atoms with Crippen LogP contribution in [-0.4, -0.2) is 83.4 Å². The Morgan fingerprint density at radius 2 is 1.59 bits per heavy atom. The highest BCUT2D eigenvalue weighted by molar-refractivity contribution is 6.76. The van der Waals surface area contributed by atoms with Gasteiger partial charge in [0.2, 0.25) is 11.6 Å². The molecule has 1 aromatic rings. The molecule has 1 aromatic carbocycles. The lowest BCUT2D eigenvalue weighted by Crippen LogP contribution is -2.59. The molecule has 0 unspecified atom stereocenters. The van der Waals surface area contributed by atoms with Gasteiger partial charge in [0.25, 0.3) is 0 Å². The Hall–Kier alpha value is -4.46. The maximum Gasteiger partial charge on any atom is 0.317 e. The van der Waals surface area contributed by atoms with Gasteiger partial charge in [-0.1, -0.05) is 77.9 Å². The molecule has 0 bridgehead atoms. The Kier molecular flexibility index (Phi) is 12.1. The fourth-order valence-electron chi connectivity index (χ4n) is 9.81. The summed E-state index contributed by atoms with van der Waals surface area (Å²) in [5.74, 6) is -9.53. The van der Waals surface area contributed by atoms with E-state index in [9.17, 15) is 14.7 Å². The van der Waals surface area contributed by atoms with Crippen molar-refractivity contribution in [2.45, 2.75) is 110 Å². The van der Waals surface area contributed by atoms with E-state index in [2.05, 4.69) is 52.6 Å². The molecule has 0 saturated carbocycles. The van der Waals surface area contributed by atoms with Crippen LogP contribution in [0.15, 0.2) is 57.7 Å². The number of carbonyl (C=O) groups is 4. The molecule has 0 aliphatic heterocycles. The molecular weight excluding hydrogens is 771 g/mol. The highest BCUT2D eigenvalue weighted by Crippen LogP contribution is 2.67. The summed E-state index contributed by atoms with van der Waals surface area (Å²) >= 11 is 0. The van der Waals surface area contributed by atoms with Crippen LogP contribution in [0.5, 0.6) is 11.5 Å². The van der Waals surface area contributed by atoms with Gasteiger partial charge in [-0.25, -0.2) is 0 Å². The third-order valence-electron chi connectivity index (χ3n) is 13.0. The highest BCUT2D eigenvalue weighted by atomic mass is 28.3.